The predicted octanol–water partition coefficient (Wildman–Crippen LogP) is 4.79. The third kappa shape index (κ3) is 29.2. The minimum absolute atomic E-state index is 0.0494. The highest BCUT2D eigenvalue weighted by Crippen LogP contribution is 2.38. The van der Waals surface area contributed by atoms with Crippen molar-refractivity contribution in [2.24, 2.45) is 0 Å². The molecule has 0 aliphatic carbocycles. The summed E-state index contributed by atoms with van der Waals surface area (Å²) in [7, 11) is 1.10. The van der Waals surface area contributed by atoms with Gasteiger partial charge in [-0.05, 0) is 51.4 Å². The number of ether oxygens (including phenoxy) is 2. The number of esters is 2. The lowest BCUT2D eigenvalue weighted by atomic mass is 10.2. The fourth-order valence-corrected chi connectivity index (χ4v) is 3.94. The molecule has 0 radical (unpaired) electrons. The maximum atomic E-state index is 12.0. The summed E-state index contributed by atoms with van der Waals surface area (Å²) in [5.74, 6) is -1.12. The molecule has 0 fully saturated rings. The van der Waals surface area contributed by atoms with Crippen molar-refractivity contribution in [3.05, 3.63) is 48.6 Å². The number of aliphatic hydroxyl groups excluding tert-OH is 1. The molecule has 1 unspecified atom stereocenters. The Balaban J connectivity index is 4.06. The van der Waals surface area contributed by atoms with E-state index in [-0.39, 0.29) is 26.2 Å². The maximum Gasteiger partial charge on any atom is 0.305 e. The Morgan fingerprint density at radius 1 is 0.829 bits per heavy atom. The summed E-state index contributed by atoms with van der Waals surface area (Å²) < 4.78 is 32.3. The van der Waals surface area contributed by atoms with E-state index in [1.165, 1.54) is 6.92 Å². The zero-order valence-electron chi connectivity index (χ0n) is 25.4. The molecule has 0 bridgehead atoms. The first-order chi connectivity index (χ1) is 19.4. The molecule has 0 saturated carbocycles. The number of carbonyl (C=O) groups excluding carboxylic acids is 2. The van der Waals surface area contributed by atoms with E-state index in [0.29, 0.717) is 17.4 Å². The highest BCUT2D eigenvalue weighted by molar-refractivity contribution is 7.45. The van der Waals surface area contributed by atoms with Gasteiger partial charge >= 0.3 is 11.9 Å². The van der Waals surface area contributed by atoms with Gasteiger partial charge in [0.25, 0.3) is 7.82 Å². The van der Waals surface area contributed by atoms with Gasteiger partial charge in [0, 0.05) is 20.0 Å². The number of quaternary nitrogens is 1. The maximum absolute atomic E-state index is 12.0. The normalized spacial score (nSPS) is 14.8. The predicted molar refractivity (Wildman–Crippen MR) is 159 cm³/mol. The molecule has 0 aliphatic heterocycles. The highest BCUT2D eigenvalue weighted by Gasteiger charge is 2.20. The van der Waals surface area contributed by atoms with Gasteiger partial charge < -0.3 is 33.0 Å². The molecule has 1 N–H and O–H groups in total. The summed E-state index contributed by atoms with van der Waals surface area (Å²) in [5.41, 5.74) is 0. The van der Waals surface area contributed by atoms with Crippen molar-refractivity contribution in [3.8, 4) is 0 Å². The Kier molecular flexibility index (Phi) is 23.3. The number of hydrogen-bond acceptors (Lipinski definition) is 9. The Hall–Kier alpha value is -2.07. The van der Waals surface area contributed by atoms with E-state index in [0.717, 1.165) is 51.4 Å². The minimum Gasteiger partial charge on any atom is -0.756 e. The minimum atomic E-state index is -4.59. The van der Waals surface area contributed by atoms with Crippen LogP contribution in [-0.4, -0.2) is 81.7 Å². The van der Waals surface area contributed by atoms with Crippen LogP contribution in [0.1, 0.15) is 71.1 Å². The largest absolute Gasteiger partial charge is 0.756 e. The van der Waals surface area contributed by atoms with Crippen LogP contribution in [0.4, 0.5) is 0 Å². The number of allylic oxidation sites excluding steroid dienone is 8. The zero-order valence-corrected chi connectivity index (χ0v) is 26.3. The lowest BCUT2D eigenvalue weighted by molar-refractivity contribution is -0.870. The quantitative estimate of drug-likeness (QED) is 0.0516. The van der Waals surface area contributed by atoms with Gasteiger partial charge in [-0.25, -0.2) is 0 Å². The second kappa shape index (κ2) is 24.5. The first-order valence-electron chi connectivity index (χ1n) is 14.4. The van der Waals surface area contributed by atoms with Crippen LogP contribution in [-0.2, 0) is 32.7 Å². The number of phosphoric acid groups is 1. The molecule has 0 rings (SSSR count). The van der Waals surface area contributed by atoms with E-state index in [1.54, 1.807) is 0 Å². The Labute approximate surface area is 246 Å². The number of phosphoric ester groups is 1. The number of rotatable bonds is 25. The van der Waals surface area contributed by atoms with Crippen molar-refractivity contribution < 1.29 is 47.2 Å². The summed E-state index contributed by atoms with van der Waals surface area (Å²) >= 11 is 0. The second-order valence-corrected chi connectivity index (χ2v) is 12.0. The van der Waals surface area contributed by atoms with Gasteiger partial charge in [-0.3, -0.25) is 14.2 Å². The van der Waals surface area contributed by atoms with Crippen LogP contribution in [0.25, 0.3) is 0 Å². The molecule has 11 heteroatoms. The van der Waals surface area contributed by atoms with Crippen LogP contribution in [0.2, 0.25) is 0 Å². The van der Waals surface area contributed by atoms with Crippen LogP contribution in [0.5, 0.6) is 0 Å². The van der Waals surface area contributed by atoms with Crippen molar-refractivity contribution in [3.63, 3.8) is 0 Å². The monoisotopic (exact) mass is 601 g/mol. The van der Waals surface area contributed by atoms with E-state index in [1.807, 2.05) is 33.3 Å². The molecule has 0 aromatic carbocycles. The number of unbranched alkanes of at least 4 members (excludes halogenated alkanes) is 4. The van der Waals surface area contributed by atoms with Crippen LogP contribution in [0.3, 0.4) is 0 Å². The summed E-state index contributed by atoms with van der Waals surface area (Å²) in [5, 5.41) is 8.74. The Morgan fingerprint density at radius 2 is 1.39 bits per heavy atom. The molecule has 0 amide bonds. The average molecular weight is 602 g/mol. The molecule has 236 valence electrons. The SMILES string of the molecule is CC(=O)O[C@H](COC(=O)CCC/C=C\C/C=C\C/C=C\C/C=C\CCCCCO)COP(=O)([O-])OCC[N+](C)(C)C. The molecule has 2 atom stereocenters. The summed E-state index contributed by atoms with van der Waals surface area (Å²) in [6, 6.07) is 0. The van der Waals surface area contributed by atoms with Crippen LogP contribution in [0, 0.1) is 0 Å². The summed E-state index contributed by atoms with van der Waals surface area (Å²) in [6.07, 6.45) is 24.1. The lowest BCUT2D eigenvalue weighted by Gasteiger charge is -2.28. The molecule has 0 aromatic heterocycles. The Bertz CT molecular complexity index is 863. The fourth-order valence-electron chi connectivity index (χ4n) is 3.21. The van der Waals surface area contributed by atoms with Crippen LogP contribution >= 0.6 is 7.82 Å². The standard InChI is InChI=1S/C30H52NO9P/c1-28(33)40-29(27-39-41(35,36)38-25-23-31(2,3)4)26-37-30(34)22-20-18-16-14-12-10-8-6-5-7-9-11-13-15-17-19-21-24-32/h5,7-8,10-11,13-14,16,29,32H,6,9,12,15,17-27H2,1-4H3/b7-5-,10-8-,13-11-,16-14-/t29-/m1/s1. The van der Waals surface area contributed by atoms with Gasteiger partial charge in [-0.1, -0.05) is 55.0 Å². The van der Waals surface area contributed by atoms with Crippen molar-refractivity contribution in [1.82, 2.24) is 0 Å². The first kappa shape index (κ1) is 38.9. The number of hydrogen-bond donors (Lipinski definition) is 1. The topological polar surface area (TPSA) is 131 Å². The van der Waals surface area contributed by atoms with Crippen molar-refractivity contribution in [2.45, 2.75) is 77.2 Å². The van der Waals surface area contributed by atoms with Gasteiger partial charge in [-0.15, -0.1) is 0 Å². The van der Waals surface area contributed by atoms with E-state index < -0.39 is 32.5 Å². The van der Waals surface area contributed by atoms with Crippen LogP contribution in [0.15, 0.2) is 48.6 Å². The lowest BCUT2D eigenvalue weighted by Crippen LogP contribution is -2.37. The molecule has 0 saturated heterocycles. The number of nitrogens with zero attached hydrogens (tertiary/aromatic N) is 1. The molecular weight excluding hydrogens is 549 g/mol. The van der Waals surface area contributed by atoms with Gasteiger partial charge in [0.1, 0.15) is 19.8 Å². The third-order valence-electron chi connectivity index (χ3n) is 5.46. The third-order valence-corrected chi connectivity index (χ3v) is 6.42. The smallest absolute Gasteiger partial charge is 0.305 e. The summed E-state index contributed by atoms with van der Waals surface area (Å²) in [6.45, 7) is 1.04. The van der Waals surface area contributed by atoms with Gasteiger partial charge in [0.05, 0.1) is 27.7 Å². The molecule has 10 nitrogen and oxygen atoms in total. The molecule has 41 heavy (non-hydrogen) atoms. The molecule has 0 aromatic rings. The van der Waals surface area contributed by atoms with Crippen molar-refractivity contribution in [2.75, 3.05) is 54.1 Å². The number of aliphatic hydroxyl groups is 1. The van der Waals surface area contributed by atoms with E-state index >= 15 is 0 Å². The molecule has 0 aliphatic rings. The number of carbonyl (C=O) groups is 2. The van der Waals surface area contributed by atoms with E-state index in [2.05, 4.69) is 36.5 Å². The van der Waals surface area contributed by atoms with Crippen LogP contribution < -0.4 is 4.89 Å². The second-order valence-electron chi connectivity index (χ2n) is 10.6. The van der Waals surface area contributed by atoms with E-state index in [4.69, 9.17) is 23.6 Å². The Morgan fingerprint density at radius 3 is 1.93 bits per heavy atom. The van der Waals surface area contributed by atoms with E-state index in [9.17, 15) is 19.0 Å². The average Bonchev–Trinajstić information content (AvgIpc) is 2.88. The zero-order chi connectivity index (χ0) is 30.8. The van der Waals surface area contributed by atoms with Crippen molar-refractivity contribution in [1.29, 1.82) is 0 Å². The molecule has 0 heterocycles. The fraction of sp³-hybridized carbons (Fsp3) is 0.667. The highest BCUT2D eigenvalue weighted by atomic mass is 31.2. The van der Waals surface area contributed by atoms with Gasteiger partial charge in [0.15, 0.2) is 6.10 Å². The number of likely N-dealkylation sites (N-methyl/N-ethyl adjacent to an activating group) is 1. The van der Waals surface area contributed by atoms with Gasteiger partial charge in [-0.2, -0.15) is 0 Å². The first-order valence-corrected chi connectivity index (χ1v) is 15.9. The molecule has 0 spiro atoms. The summed E-state index contributed by atoms with van der Waals surface area (Å²) in [4.78, 5) is 35.3. The van der Waals surface area contributed by atoms with Gasteiger partial charge in [0.2, 0.25) is 0 Å². The van der Waals surface area contributed by atoms with Crippen molar-refractivity contribution >= 4 is 19.8 Å². The molecular formula is C30H52NO9P.